The molecule has 0 aliphatic carbocycles. The van der Waals surface area contributed by atoms with E-state index < -0.39 is 0 Å². The Morgan fingerprint density at radius 2 is 1.93 bits per heavy atom. The number of ether oxygens (including phenoxy) is 1. The first kappa shape index (κ1) is 17.7. The summed E-state index contributed by atoms with van der Waals surface area (Å²) in [5.41, 5.74) is 2.44. The van der Waals surface area contributed by atoms with Gasteiger partial charge in [-0.2, -0.15) is 0 Å². The molecule has 0 bridgehead atoms. The minimum absolute atomic E-state index is 0.227. The minimum atomic E-state index is 0.227. The smallest absolute Gasteiger partial charge is 0.233 e. The van der Waals surface area contributed by atoms with Crippen LogP contribution >= 0.6 is 0 Å². The number of para-hydroxylation sites is 1. The van der Waals surface area contributed by atoms with Crippen molar-refractivity contribution in [3.63, 3.8) is 0 Å². The van der Waals surface area contributed by atoms with Crippen molar-refractivity contribution in [1.82, 2.24) is 19.4 Å². The van der Waals surface area contributed by atoms with E-state index in [1.165, 1.54) is 24.1 Å². The highest BCUT2D eigenvalue weighted by atomic mass is 16.5. The highest BCUT2D eigenvalue weighted by molar-refractivity contribution is 5.34. The van der Waals surface area contributed by atoms with Crippen molar-refractivity contribution in [2.45, 2.75) is 45.4 Å². The molecule has 0 saturated heterocycles. The van der Waals surface area contributed by atoms with Crippen LogP contribution in [0.4, 0.5) is 0 Å². The Morgan fingerprint density at radius 3 is 2.78 bits per heavy atom. The fourth-order valence-corrected chi connectivity index (χ4v) is 3.65. The minimum Gasteiger partial charge on any atom is -0.489 e. The van der Waals surface area contributed by atoms with Gasteiger partial charge in [0.05, 0.1) is 0 Å². The highest BCUT2D eigenvalue weighted by Crippen LogP contribution is 2.27. The van der Waals surface area contributed by atoms with E-state index in [-0.39, 0.29) is 6.10 Å². The maximum atomic E-state index is 6.35. The number of nitrogens with zero attached hydrogens (tertiary/aromatic N) is 4. The third-order valence-electron chi connectivity index (χ3n) is 4.99. The zero-order chi connectivity index (χ0) is 18.5. The lowest BCUT2D eigenvalue weighted by Crippen LogP contribution is -2.33. The van der Waals surface area contributed by atoms with Crippen LogP contribution in [0.25, 0.3) is 5.95 Å². The van der Waals surface area contributed by atoms with Crippen molar-refractivity contribution < 1.29 is 4.74 Å². The summed E-state index contributed by atoms with van der Waals surface area (Å²) in [6, 6.07) is 14.5. The highest BCUT2D eigenvalue weighted by Gasteiger charge is 2.23. The van der Waals surface area contributed by atoms with Crippen LogP contribution in [0.2, 0.25) is 0 Å². The van der Waals surface area contributed by atoms with Gasteiger partial charge in [0.25, 0.3) is 0 Å². The van der Waals surface area contributed by atoms with E-state index in [1.807, 2.05) is 12.3 Å². The lowest BCUT2D eigenvalue weighted by Gasteiger charge is -2.24. The lowest BCUT2D eigenvalue weighted by molar-refractivity contribution is 0.132. The molecule has 0 fully saturated rings. The number of fused-ring (bicyclic) bond motifs is 1. The fourth-order valence-electron chi connectivity index (χ4n) is 3.65. The molecular formula is C22H26N4O. The molecule has 0 N–H and O–H groups in total. The van der Waals surface area contributed by atoms with E-state index in [2.05, 4.69) is 62.8 Å². The van der Waals surface area contributed by atoms with E-state index in [1.54, 1.807) is 12.4 Å². The third kappa shape index (κ3) is 4.19. The maximum absolute atomic E-state index is 6.35. The second kappa shape index (κ2) is 8.35. The number of benzene rings is 1. The van der Waals surface area contributed by atoms with Crippen molar-refractivity contribution in [2.24, 2.45) is 0 Å². The predicted molar refractivity (Wildman–Crippen MR) is 106 cm³/mol. The molecule has 5 nitrogen and oxygen atoms in total. The molecule has 2 aromatic heterocycles. The summed E-state index contributed by atoms with van der Waals surface area (Å²) < 4.78 is 8.42. The molecule has 1 unspecified atom stereocenters. The molecule has 1 aliphatic heterocycles. The van der Waals surface area contributed by atoms with Gasteiger partial charge in [-0.1, -0.05) is 31.5 Å². The first-order valence-electron chi connectivity index (χ1n) is 9.74. The van der Waals surface area contributed by atoms with Crippen molar-refractivity contribution in [3.8, 4) is 11.7 Å². The summed E-state index contributed by atoms with van der Waals surface area (Å²) in [5.74, 6) is 1.74. The van der Waals surface area contributed by atoms with E-state index >= 15 is 0 Å². The molecule has 1 aromatic carbocycles. The van der Waals surface area contributed by atoms with E-state index in [9.17, 15) is 0 Å². The molecule has 27 heavy (non-hydrogen) atoms. The zero-order valence-electron chi connectivity index (χ0n) is 15.8. The number of rotatable bonds is 6. The molecule has 0 radical (unpaired) electrons. The second-order valence-corrected chi connectivity index (χ2v) is 7.08. The first-order chi connectivity index (χ1) is 13.3. The van der Waals surface area contributed by atoms with Gasteiger partial charge < -0.3 is 4.74 Å². The molecule has 0 saturated carbocycles. The van der Waals surface area contributed by atoms with Crippen LogP contribution in [0.15, 0.2) is 61.1 Å². The normalized spacial score (nSPS) is 17.1. The largest absolute Gasteiger partial charge is 0.489 e. The van der Waals surface area contributed by atoms with Crippen LogP contribution in [0, 0.1) is 0 Å². The van der Waals surface area contributed by atoms with Gasteiger partial charge in [-0.15, -0.1) is 0 Å². The Bertz CT molecular complexity index is 862. The number of hydrogen-bond donors (Lipinski definition) is 0. The molecule has 5 heteroatoms. The molecule has 1 aliphatic rings. The molecule has 0 amide bonds. The van der Waals surface area contributed by atoms with E-state index in [4.69, 9.17) is 4.74 Å². The van der Waals surface area contributed by atoms with Crippen molar-refractivity contribution >= 4 is 0 Å². The third-order valence-corrected chi connectivity index (χ3v) is 4.99. The van der Waals surface area contributed by atoms with Gasteiger partial charge in [0.1, 0.15) is 11.9 Å². The van der Waals surface area contributed by atoms with E-state index in [0.717, 1.165) is 31.8 Å². The Kier molecular flexibility index (Phi) is 5.49. The van der Waals surface area contributed by atoms with Crippen LogP contribution in [-0.2, 0) is 13.1 Å². The van der Waals surface area contributed by atoms with Crippen LogP contribution in [-0.4, -0.2) is 32.1 Å². The average molecular weight is 362 g/mol. The number of unbranched alkanes of at least 4 members (excludes halogenated alkanes) is 1. The van der Waals surface area contributed by atoms with Gasteiger partial charge >= 0.3 is 0 Å². The first-order valence-corrected chi connectivity index (χ1v) is 9.74. The zero-order valence-corrected chi connectivity index (χ0v) is 15.8. The van der Waals surface area contributed by atoms with Crippen LogP contribution < -0.4 is 4.74 Å². The molecule has 3 aromatic rings. The Balaban J connectivity index is 1.57. The Morgan fingerprint density at radius 1 is 1.07 bits per heavy atom. The number of aromatic nitrogens is 3. The van der Waals surface area contributed by atoms with Crippen LogP contribution in [0.5, 0.6) is 5.75 Å². The monoisotopic (exact) mass is 362 g/mol. The molecular weight excluding hydrogens is 336 g/mol. The van der Waals surface area contributed by atoms with Gasteiger partial charge in [-0.05, 0) is 37.1 Å². The van der Waals surface area contributed by atoms with Gasteiger partial charge in [-0.3, -0.25) is 9.47 Å². The SMILES string of the molecule is CCCCC1CN(Cc2cccn2-c2ncccn2)Cc2ccccc2O1. The van der Waals surface area contributed by atoms with Gasteiger partial charge in [0.15, 0.2) is 0 Å². The molecule has 140 valence electrons. The molecule has 4 rings (SSSR count). The number of hydrogen-bond acceptors (Lipinski definition) is 4. The van der Waals surface area contributed by atoms with Crippen molar-refractivity contribution in [1.29, 1.82) is 0 Å². The lowest BCUT2D eigenvalue weighted by atomic mass is 10.1. The summed E-state index contributed by atoms with van der Waals surface area (Å²) in [4.78, 5) is 11.3. The van der Waals surface area contributed by atoms with Crippen molar-refractivity contribution in [2.75, 3.05) is 6.54 Å². The maximum Gasteiger partial charge on any atom is 0.233 e. The Labute approximate surface area is 160 Å². The summed E-state index contributed by atoms with van der Waals surface area (Å²) in [5, 5.41) is 0. The fraction of sp³-hybridized carbons (Fsp3) is 0.364. The molecule has 3 heterocycles. The Hall–Kier alpha value is -2.66. The van der Waals surface area contributed by atoms with Crippen LogP contribution in [0.3, 0.4) is 0 Å². The topological polar surface area (TPSA) is 43.2 Å². The van der Waals surface area contributed by atoms with Crippen LogP contribution in [0.1, 0.15) is 37.4 Å². The van der Waals surface area contributed by atoms with Gasteiger partial charge in [0.2, 0.25) is 5.95 Å². The summed E-state index contributed by atoms with van der Waals surface area (Å²) in [7, 11) is 0. The summed E-state index contributed by atoms with van der Waals surface area (Å²) >= 11 is 0. The second-order valence-electron chi connectivity index (χ2n) is 7.08. The van der Waals surface area contributed by atoms with E-state index in [0.29, 0.717) is 5.95 Å². The predicted octanol–water partition coefficient (Wildman–Crippen LogP) is 4.22. The quantitative estimate of drug-likeness (QED) is 0.658. The van der Waals surface area contributed by atoms with Gasteiger partial charge in [0, 0.05) is 49.5 Å². The molecule has 0 spiro atoms. The average Bonchev–Trinajstić information content (AvgIpc) is 3.08. The van der Waals surface area contributed by atoms with Crippen molar-refractivity contribution in [3.05, 3.63) is 72.3 Å². The molecule has 1 atom stereocenters. The standard InChI is InChI=1S/C22H26N4O/c1-2-3-10-20-17-25(15-18-8-4-5-11-21(18)27-20)16-19-9-6-14-26(19)22-23-12-7-13-24-22/h4-9,11-14,20H,2-3,10,15-17H2,1H3. The summed E-state index contributed by atoms with van der Waals surface area (Å²) in [6.07, 6.45) is 9.28. The van der Waals surface area contributed by atoms with Gasteiger partial charge in [-0.25, -0.2) is 9.97 Å². The summed E-state index contributed by atoms with van der Waals surface area (Å²) in [6.45, 7) is 4.88.